The van der Waals surface area contributed by atoms with Gasteiger partial charge in [-0.1, -0.05) is 0 Å². The number of methoxy groups -OCH3 is 1. The van der Waals surface area contributed by atoms with E-state index in [1.807, 2.05) is 13.8 Å². The van der Waals surface area contributed by atoms with Gasteiger partial charge in [0.1, 0.15) is 0 Å². The van der Waals surface area contributed by atoms with Gasteiger partial charge in [0.15, 0.2) is 5.69 Å². The van der Waals surface area contributed by atoms with Crippen molar-refractivity contribution in [3.05, 3.63) is 11.8 Å². The molecule has 0 aromatic carbocycles. The molecule has 0 spiro atoms. The molecule has 0 saturated carbocycles. The number of hydrogen-bond acceptors (Lipinski definition) is 5. The van der Waals surface area contributed by atoms with Crippen LogP contribution in [-0.4, -0.2) is 42.3 Å². The molecule has 1 aliphatic heterocycles. The average molecular weight is 290 g/mol. The van der Waals surface area contributed by atoms with Crippen LogP contribution < -0.4 is 15.0 Å². The van der Waals surface area contributed by atoms with Crippen molar-refractivity contribution in [1.82, 2.24) is 15.3 Å². The van der Waals surface area contributed by atoms with Crippen LogP contribution in [0.15, 0.2) is 6.07 Å². The number of piperazine rings is 1. The minimum atomic E-state index is -4.52. The number of nitrogens with one attached hydrogen (secondary N) is 1. The Morgan fingerprint density at radius 3 is 2.60 bits per heavy atom. The average Bonchev–Trinajstić information content (AvgIpc) is 2.36. The number of aromatic nitrogens is 2. The Balaban J connectivity index is 2.36. The summed E-state index contributed by atoms with van der Waals surface area (Å²) < 4.78 is 43.3. The van der Waals surface area contributed by atoms with Crippen LogP contribution in [0.1, 0.15) is 19.5 Å². The quantitative estimate of drug-likeness (QED) is 0.898. The monoisotopic (exact) mass is 290 g/mol. The lowest BCUT2D eigenvalue weighted by atomic mass is 10.0. The third kappa shape index (κ3) is 3.30. The van der Waals surface area contributed by atoms with Crippen LogP contribution in [0.5, 0.6) is 5.88 Å². The number of hydrogen-bond donors (Lipinski definition) is 1. The summed E-state index contributed by atoms with van der Waals surface area (Å²) in [4.78, 5) is 9.37. The van der Waals surface area contributed by atoms with Gasteiger partial charge in [0.2, 0.25) is 11.8 Å². The molecule has 5 nitrogen and oxygen atoms in total. The predicted octanol–water partition coefficient (Wildman–Crippen LogP) is 1.69. The van der Waals surface area contributed by atoms with Crippen LogP contribution in [0.25, 0.3) is 0 Å². The van der Waals surface area contributed by atoms with E-state index in [4.69, 9.17) is 4.74 Å². The van der Waals surface area contributed by atoms with Crippen LogP contribution in [0.3, 0.4) is 0 Å². The zero-order valence-corrected chi connectivity index (χ0v) is 11.6. The minimum absolute atomic E-state index is 0.0475. The van der Waals surface area contributed by atoms with Crippen LogP contribution in [-0.2, 0) is 6.18 Å². The first-order chi connectivity index (χ1) is 9.21. The molecule has 1 aliphatic rings. The summed E-state index contributed by atoms with van der Waals surface area (Å²) >= 11 is 0. The van der Waals surface area contributed by atoms with E-state index in [9.17, 15) is 13.2 Å². The maximum atomic E-state index is 12.8. The molecule has 112 valence electrons. The molecule has 0 radical (unpaired) electrons. The van der Waals surface area contributed by atoms with Crippen LogP contribution in [0.2, 0.25) is 0 Å². The fourth-order valence-electron chi connectivity index (χ4n) is 2.12. The zero-order chi connectivity index (χ0) is 15.0. The highest BCUT2D eigenvalue weighted by Crippen LogP contribution is 2.31. The number of ether oxygens (including phenoxy) is 1. The first kappa shape index (κ1) is 14.8. The first-order valence-corrected chi connectivity index (χ1v) is 6.21. The van der Waals surface area contributed by atoms with E-state index >= 15 is 0 Å². The third-order valence-electron chi connectivity index (χ3n) is 3.04. The Labute approximate surface area is 115 Å². The maximum absolute atomic E-state index is 12.8. The molecule has 20 heavy (non-hydrogen) atoms. The smallest absolute Gasteiger partial charge is 0.433 e. The molecule has 1 aromatic heterocycles. The molecular weight excluding hydrogens is 273 g/mol. The Morgan fingerprint density at radius 1 is 1.35 bits per heavy atom. The van der Waals surface area contributed by atoms with Crippen molar-refractivity contribution in [1.29, 1.82) is 0 Å². The molecule has 1 fully saturated rings. The van der Waals surface area contributed by atoms with E-state index in [1.54, 1.807) is 4.90 Å². The summed E-state index contributed by atoms with van der Waals surface area (Å²) in [6.45, 7) is 5.69. The molecule has 1 saturated heterocycles. The van der Waals surface area contributed by atoms with E-state index in [0.717, 1.165) is 6.07 Å². The second-order valence-corrected chi connectivity index (χ2v) is 5.33. The standard InChI is InChI=1S/C12H17F3N4O/c1-11(2)7-19(5-4-16-11)10-17-8(12(13,14)15)6-9(18-10)20-3/h6,16H,4-5,7H2,1-3H3. The van der Waals surface area contributed by atoms with Crippen molar-refractivity contribution in [2.75, 3.05) is 31.6 Å². The highest BCUT2D eigenvalue weighted by atomic mass is 19.4. The number of rotatable bonds is 2. The number of nitrogens with zero attached hydrogens (tertiary/aromatic N) is 3. The van der Waals surface area contributed by atoms with Gasteiger partial charge in [-0.15, -0.1) is 0 Å². The first-order valence-electron chi connectivity index (χ1n) is 6.21. The zero-order valence-electron chi connectivity index (χ0n) is 11.6. The normalized spacial score (nSPS) is 19.0. The van der Waals surface area contributed by atoms with Crippen molar-refractivity contribution in [2.24, 2.45) is 0 Å². The minimum Gasteiger partial charge on any atom is -0.481 e. The molecule has 2 rings (SSSR count). The van der Waals surface area contributed by atoms with E-state index in [0.29, 0.717) is 19.6 Å². The summed E-state index contributed by atoms with van der Waals surface area (Å²) in [6.07, 6.45) is -4.52. The fourth-order valence-corrected chi connectivity index (χ4v) is 2.12. The van der Waals surface area contributed by atoms with Gasteiger partial charge >= 0.3 is 6.18 Å². The molecule has 8 heteroatoms. The van der Waals surface area contributed by atoms with E-state index in [2.05, 4.69) is 15.3 Å². The van der Waals surface area contributed by atoms with Crippen molar-refractivity contribution < 1.29 is 17.9 Å². The Kier molecular flexibility index (Phi) is 3.77. The van der Waals surface area contributed by atoms with Crippen molar-refractivity contribution in [3.8, 4) is 5.88 Å². The lowest BCUT2D eigenvalue weighted by Crippen LogP contribution is -2.57. The lowest BCUT2D eigenvalue weighted by Gasteiger charge is -2.39. The van der Waals surface area contributed by atoms with Crippen molar-refractivity contribution in [2.45, 2.75) is 25.6 Å². The summed E-state index contributed by atoms with van der Waals surface area (Å²) in [5, 5.41) is 3.28. The van der Waals surface area contributed by atoms with Crippen LogP contribution in [0, 0.1) is 0 Å². The largest absolute Gasteiger partial charge is 0.481 e. The molecule has 1 N–H and O–H groups in total. The molecule has 0 atom stereocenters. The molecule has 0 bridgehead atoms. The molecular formula is C12H17F3N4O. The summed E-state index contributed by atoms with van der Waals surface area (Å²) in [5.74, 6) is -0.0371. The Morgan fingerprint density at radius 2 is 2.05 bits per heavy atom. The predicted molar refractivity (Wildman–Crippen MR) is 67.9 cm³/mol. The van der Waals surface area contributed by atoms with Crippen LogP contribution in [0.4, 0.5) is 19.1 Å². The number of anilines is 1. The second kappa shape index (κ2) is 5.08. The van der Waals surface area contributed by atoms with E-state index < -0.39 is 11.9 Å². The summed E-state index contributed by atoms with van der Waals surface area (Å²) in [6, 6.07) is 0.802. The van der Waals surface area contributed by atoms with Gasteiger partial charge in [-0.3, -0.25) is 0 Å². The SMILES string of the molecule is COc1cc(C(F)(F)F)nc(N2CCNC(C)(C)C2)n1. The van der Waals surface area contributed by atoms with Gasteiger partial charge in [-0.05, 0) is 13.8 Å². The van der Waals surface area contributed by atoms with E-state index in [-0.39, 0.29) is 17.4 Å². The molecule has 2 heterocycles. The maximum Gasteiger partial charge on any atom is 0.433 e. The second-order valence-electron chi connectivity index (χ2n) is 5.33. The van der Waals surface area contributed by atoms with Gasteiger partial charge in [0, 0.05) is 31.2 Å². The van der Waals surface area contributed by atoms with Crippen LogP contribution >= 0.6 is 0 Å². The highest BCUT2D eigenvalue weighted by Gasteiger charge is 2.35. The highest BCUT2D eigenvalue weighted by molar-refractivity contribution is 5.37. The van der Waals surface area contributed by atoms with E-state index in [1.165, 1.54) is 7.11 Å². The van der Waals surface area contributed by atoms with Crippen molar-refractivity contribution >= 4 is 5.95 Å². The number of halogens is 3. The Hall–Kier alpha value is -1.57. The molecule has 0 aliphatic carbocycles. The summed E-state index contributed by atoms with van der Waals surface area (Å²) in [5.41, 5.74) is -1.20. The molecule has 0 unspecified atom stereocenters. The fraction of sp³-hybridized carbons (Fsp3) is 0.667. The molecule has 1 aromatic rings. The summed E-state index contributed by atoms with van der Waals surface area (Å²) in [7, 11) is 1.29. The van der Waals surface area contributed by atoms with Gasteiger partial charge in [-0.2, -0.15) is 18.2 Å². The van der Waals surface area contributed by atoms with Gasteiger partial charge < -0.3 is 15.0 Å². The van der Waals surface area contributed by atoms with Crippen molar-refractivity contribution in [3.63, 3.8) is 0 Å². The van der Waals surface area contributed by atoms with Gasteiger partial charge in [0.25, 0.3) is 0 Å². The third-order valence-corrected chi connectivity index (χ3v) is 3.04. The van der Waals surface area contributed by atoms with Gasteiger partial charge in [0.05, 0.1) is 7.11 Å². The molecule has 0 amide bonds. The van der Waals surface area contributed by atoms with Gasteiger partial charge in [-0.25, -0.2) is 4.98 Å². The Bertz CT molecular complexity index is 490. The topological polar surface area (TPSA) is 50.3 Å². The number of alkyl halides is 3. The lowest BCUT2D eigenvalue weighted by molar-refractivity contribution is -0.141.